The number of rotatable bonds is 8. The van der Waals surface area contributed by atoms with Crippen LogP contribution in [-0.2, 0) is 0 Å². The van der Waals surface area contributed by atoms with Crippen LogP contribution in [0.2, 0.25) is 0 Å². The summed E-state index contributed by atoms with van der Waals surface area (Å²) in [6, 6.07) is 6.35. The Labute approximate surface area is 165 Å². The van der Waals surface area contributed by atoms with Crippen molar-refractivity contribution in [3.05, 3.63) is 35.4 Å². The van der Waals surface area contributed by atoms with Crippen LogP contribution in [-0.4, -0.2) is 41.3 Å². The van der Waals surface area contributed by atoms with Crippen molar-refractivity contribution in [1.82, 2.24) is 10.6 Å². The minimum Gasteiger partial charge on any atom is -0.391 e. The predicted octanol–water partition coefficient (Wildman–Crippen LogP) is 2.42. The van der Waals surface area contributed by atoms with Crippen LogP contribution in [0.5, 0.6) is 0 Å². The molecule has 7 nitrogen and oxygen atoms in total. The van der Waals surface area contributed by atoms with Gasteiger partial charge in [-0.1, -0.05) is 18.9 Å². The standard InChI is InChI=1S/C21H26N4O3/c1-2-3-11-21(24-25-21)12-13-22-19(27)15-7-6-8-16(14-15)20(28)23-17-9-4-5-10-18(17)26/h1,6-8,14,17-18,26H,3-5,9-13H2,(H,22,27)(H,23,28)/t17-,18-/m0/s1. The largest absolute Gasteiger partial charge is 0.391 e. The molecule has 2 aliphatic rings. The molecule has 1 fully saturated rings. The molecule has 0 unspecified atom stereocenters. The summed E-state index contributed by atoms with van der Waals surface area (Å²) in [5.41, 5.74) is 0.393. The van der Waals surface area contributed by atoms with Gasteiger partial charge in [-0.05, 0) is 31.0 Å². The SMILES string of the molecule is C#CCCC1(CCNC(=O)c2cccc(C(=O)N[C@H]3CCCC[C@@H]3O)c2)N=N1. The van der Waals surface area contributed by atoms with E-state index in [1.807, 2.05) is 0 Å². The van der Waals surface area contributed by atoms with E-state index in [1.54, 1.807) is 24.3 Å². The van der Waals surface area contributed by atoms with Crippen molar-refractivity contribution in [2.75, 3.05) is 6.54 Å². The summed E-state index contributed by atoms with van der Waals surface area (Å²) < 4.78 is 0. The van der Waals surface area contributed by atoms with Gasteiger partial charge in [-0.3, -0.25) is 9.59 Å². The van der Waals surface area contributed by atoms with E-state index >= 15 is 0 Å². The number of nitrogens with one attached hydrogen (secondary N) is 2. The Kier molecular flexibility index (Phi) is 6.42. The molecule has 0 radical (unpaired) electrons. The van der Waals surface area contributed by atoms with E-state index in [1.165, 1.54) is 0 Å². The lowest BCUT2D eigenvalue weighted by atomic mass is 9.92. The van der Waals surface area contributed by atoms with Crippen molar-refractivity contribution in [2.24, 2.45) is 10.2 Å². The lowest BCUT2D eigenvalue weighted by Gasteiger charge is -2.28. The van der Waals surface area contributed by atoms with Crippen molar-refractivity contribution in [3.63, 3.8) is 0 Å². The molecule has 148 valence electrons. The van der Waals surface area contributed by atoms with Crippen molar-refractivity contribution in [1.29, 1.82) is 0 Å². The molecule has 2 amide bonds. The predicted molar refractivity (Wildman–Crippen MR) is 105 cm³/mol. The number of aliphatic hydroxyl groups is 1. The maximum atomic E-state index is 12.5. The number of carbonyl (C=O) groups is 2. The van der Waals surface area contributed by atoms with E-state index in [0.717, 1.165) is 19.3 Å². The number of aliphatic hydroxyl groups excluding tert-OH is 1. The number of hydrogen-bond donors (Lipinski definition) is 3. The smallest absolute Gasteiger partial charge is 0.251 e. The minimum atomic E-state index is -0.510. The Balaban J connectivity index is 1.51. The highest BCUT2D eigenvalue weighted by Gasteiger charge is 2.38. The minimum absolute atomic E-state index is 0.232. The molecule has 1 saturated carbocycles. The molecule has 0 aromatic heterocycles. The van der Waals surface area contributed by atoms with Crippen molar-refractivity contribution >= 4 is 11.8 Å². The van der Waals surface area contributed by atoms with E-state index in [9.17, 15) is 14.7 Å². The van der Waals surface area contributed by atoms with E-state index < -0.39 is 11.8 Å². The molecule has 0 saturated heterocycles. The van der Waals surface area contributed by atoms with E-state index in [4.69, 9.17) is 6.42 Å². The van der Waals surface area contributed by atoms with Crippen LogP contribution in [0.1, 0.15) is 65.7 Å². The molecule has 2 atom stereocenters. The van der Waals surface area contributed by atoms with Crippen LogP contribution < -0.4 is 10.6 Å². The first-order valence-corrected chi connectivity index (χ1v) is 9.78. The fourth-order valence-corrected chi connectivity index (χ4v) is 3.48. The second kappa shape index (κ2) is 8.98. The summed E-state index contributed by atoms with van der Waals surface area (Å²) in [6.45, 7) is 0.432. The molecule has 0 spiro atoms. The molecule has 28 heavy (non-hydrogen) atoms. The zero-order valence-corrected chi connectivity index (χ0v) is 15.9. The number of benzene rings is 1. The van der Waals surface area contributed by atoms with Gasteiger partial charge in [0.05, 0.1) is 12.1 Å². The van der Waals surface area contributed by atoms with Crippen LogP contribution in [0.15, 0.2) is 34.5 Å². The van der Waals surface area contributed by atoms with E-state index in [0.29, 0.717) is 43.4 Å². The molecule has 1 aromatic carbocycles. The zero-order chi connectivity index (χ0) is 20.0. The van der Waals surface area contributed by atoms with Gasteiger partial charge in [-0.15, -0.1) is 12.3 Å². The Hall–Kier alpha value is -2.72. The molecule has 0 bridgehead atoms. The number of nitrogens with zero attached hydrogens (tertiary/aromatic N) is 2. The first-order chi connectivity index (χ1) is 13.5. The van der Waals surface area contributed by atoms with E-state index in [2.05, 4.69) is 26.8 Å². The van der Waals surface area contributed by atoms with Crippen LogP contribution in [0, 0.1) is 12.3 Å². The Morgan fingerprint density at radius 1 is 1.18 bits per heavy atom. The maximum Gasteiger partial charge on any atom is 0.251 e. The van der Waals surface area contributed by atoms with E-state index in [-0.39, 0.29) is 17.9 Å². The first kappa shape index (κ1) is 20.0. The average molecular weight is 382 g/mol. The Morgan fingerprint density at radius 2 is 1.89 bits per heavy atom. The quantitative estimate of drug-likeness (QED) is 0.602. The van der Waals surface area contributed by atoms with Crippen molar-refractivity contribution < 1.29 is 14.7 Å². The summed E-state index contributed by atoms with van der Waals surface area (Å²) in [5, 5.41) is 23.8. The molecule has 1 aliphatic heterocycles. The number of hydrogen-bond acceptors (Lipinski definition) is 5. The van der Waals surface area contributed by atoms with Crippen LogP contribution >= 0.6 is 0 Å². The monoisotopic (exact) mass is 382 g/mol. The number of carbonyl (C=O) groups excluding carboxylic acids is 2. The van der Waals surface area contributed by atoms with Crippen LogP contribution in [0.25, 0.3) is 0 Å². The van der Waals surface area contributed by atoms with Gasteiger partial charge in [0.2, 0.25) is 0 Å². The third-order valence-corrected chi connectivity index (χ3v) is 5.30. The maximum absolute atomic E-state index is 12.5. The van der Waals surface area contributed by atoms with Gasteiger partial charge in [0.25, 0.3) is 11.8 Å². The summed E-state index contributed by atoms with van der Waals surface area (Å²) >= 11 is 0. The van der Waals surface area contributed by atoms with Crippen LogP contribution in [0.4, 0.5) is 0 Å². The fraction of sp³-hybridized carbons (Fsp3) is 0.524. The van der Waals surface area contributed by atoms with Gasteiger partial charge in [-0.25, -0.2) is 0 Å². The van der Waals surface area contributed by atoms with Gasteiger partial charge < -0.3 is 15.7 Å². The average Bonchev–Trinajstić information content (AvgIpc) is 3.48. The third kappa shape index (κ3) is 5.17. The van der Waals surface area contributed by atoms with Gasteiger partial charge in [0.15, 0.2) is 5.66 Å². The molecule has 1 aromatic rings. The Morgan fingerprint density at radius 3 is 2.57 bits per heavy atom. The summed E-state index contributed by atoms with van der Waals surface area (Å²) in [7, 11) is 0. The molecule has 3 N–H and O–H groups in total. The molecular formula is C21H26N4O3. The molecule has 7 heteroatoms. The lowest BCUT2D eigenvalue weighted by molar-refractivity contribution is 0.0717. The van der Waals surface area contributed by atoms with Gasteiger partial charge >= 0.3 is 0 Å². The molecular weight excluding hydrogens is 356 g/mol. The third-order valence-electron chi connectivity index (χ3n) is 5.30. The highest BCUT2D eigenvalue weighted by atomic mass is 16.3. The van der Waals surface area contributed by atoms with Gasteiger partial charge in [0, 0.05) is 36.9 Å². The number of amides is 2. The second-order valence-electron chi connectivity index (χ2n) is 7.41. The summed E-state index contributed by atoms with van der Waals surface area (Å²) in [6.07, 6.45) is 10.1. The van der Waals surface area contributed by atoms with Crippen LogP contribution in [0.3, 0.4) is 0 Å². The molecule has 1 aliphatic carbocycles. The highest BCUT2D eigenvalue weighted by molar-refractivity contribution is 5.99. The topological polar surface area (TPSA) is 103 Å². The van der Waals surface area contributed by atoms with Crippen molar-refractivity contribution in [3.8, 4) is 12.3 Å². The summed E-state index contributed by atoms with van der Waals surface area (Å²) in [5.74, 6) is 2.05. The van der Waals surface area contributed by atoms with Gasteiger partial charge in [0.1, 0.15) is 0 Å². The molecule has 1 heterocycles. The fourth-order valence-electron chi connectivity index (χ4n) is 3.48. The second-order valence-corrected chi connectivity index (χ2v) is 7.41. The van der Waals surface area contributed by atoms with Gasteiger partial charge in [-0.2, -0.15) is 10.2 Å². The number of terminal acetylenes is 1. The lowest BCUT2D eigenvalue weighted by Crippen LogP contribution is -2.45. The zero-order valence-electron chi connectivity index (χ0n) is 15.9. The first-order valence-electron chi connectivity index (χ1n) is 9.78. The molecule has 3 rings (SSSR count). The Bertz CT molecular complexity index is 793. The highest BCUT2D eigenvalue weighted by Crippen LogP contribution is 2.36. The van der Waals surface area contributed by atoms with Crippen molar-refractivity contribution in [2.45, 2.75) is 62.8 Å². The summed E-state index contributed by atoms with van der Waals surface area (Å²) in [4.78, 5) is 24.9. The normalized spacial score (nSPS) is 22.1.